The molecule has 68 valence electrons. The molecule has 0 aromatic carbocycles. The van der Waals surface area contributed by atoms with Crippen molar-refractivity contribution in [2.75, 3.05) is 13.7 Å². The lowest BCUT2D eigenvalue weighted by Crippen LogP contribution is -2.21. The quantitative estimate of drug-likeness (QED) is 0.644. The first-order valence-corrected chi connectivity index (χ1v) is 4.60. The summed E-state index contributed by atoms with van der Waals surface area (Å²) < 4.78 is 0. The number of rotatable bonds is 2. The van der Waals surface area contributed by atoms with Gasteiger partial charge in [0.05, 0.1) is 13.7 Å². The number of hydrogen-bond acceptors (Lipinski definition) is 5. The summed E-state index contributed by atoms with van der Waals surface area (Å²) in [6.45, 7) is 2.28. The van der Waals surface area contributed by atoms with Crippen molar-refractivity contribution in [3.8, 4) is 0 Å². The minimum absolute atomic E-state index is 0.147. The fourth-order valence-electron chi connectivity index (χ4n) is 1.06. The van der Waals surface area contributed by atoms with E-state index >= 15 is 0 Å². The minimum Gasteiger partial charge on any atom is -0.288 e. The Bertz CT molecular complexity index is 206. The number of hydrogen-bond donors (Lipinski definition) is 1. The molecule has 0 aromatic heterocycles. The third-order valence-electron chi connectivity index (χ3n) is 1.46. The average Bonchev–Trinajstić information content (AvgIpc) is 2.36. The molecule has 4 nitrogen and oxygen atoms in total. The van der Waals surface area contributed by atoms with E-state index < -0.39 is 0 Å². The molecule has 1 heterocycles. The molecule has 1 rings (SSSR count). The lowest BCUT2D eigenvalue weighted by molar-refractivity contribution is -0.109. The summed E-state index contributed by atoms with van der Waals surface area (Å²) in [5, 5.41) is 0.439. The Morgan fingerprint density at radius 1 is 1.83 bits per heavy atom. The Morgan fingerprint density at radius 3 is 3.17 bits per heavy atom. The van der Waals surface area contributed by atoms with Gasteiger partial charge in [0.1, 0.15) is 5.84 Å². The van der Waals surface area contributed by atoms with Gasteiger partial charge in [0.2, 0.25) is 0 Å². The highest BCUT2D eigenvalue weighted by molar-refractivity contribution is 8.14. The smallest absolute Gasteiger partial charge is 0.186 e. The second-order valence-electron chi connectivity index (χ2n) is 2.53. The van der Waals surface area contributed by atoms with E-state index in [0.717, 1.165) is 12.3 Å². The molecule has 0 aromatic rings. The Balaban J connectivity index is 2.26. The van der Waals surface area contributed by atoms with Crippen LogP contribution in [-0.2, 0) is 9.63 Å². The average molecular weight is 188 g/mol. The van der Waals surface area contributed by atoms with Crippen LogP contribution >= 0.6 is 11.8 Å². The van der Waals surface area contributed by atoms with Gasteiger partial charge in [0, 0.05) is 18.6 Å². The summed E-state index contributed by atoms with van der Waals surface area (Å²) in [6.07, 6.45) is 0.790. The van der Waals surface area contributed by atoms with E-state index in [1.807, 2.05) is 0 Å². The Kier molecular flexibility index (Phi) is 3.55. The zero-order valence-corrected chi connectivity index (χ0v) is 7.98. The summed E-state index contributed by atoms with van der Waals surface area (Å²) in [4.78, 5) is 19.6. The molecular formula is C7H12N2O2S. The molecule has 0 aliphatic carbocycles. The van der Waals surface area contributed by atoms with E-state index in [1.165, 1.54) is 11.8 Å². The molecule has 0 radical (unpaired) electrons. The summed E-state index contributed by atoms with van der Waals surface area (Å²) in [5.74, 6) is 0.830. The number of hydroxylamine groups is 1. The van der Waals surface area contributed by atoms with E-state index in [-0.39, 0.29) is 5.12 Å². The Labute approximate surface area is 75.7 Å². The standard InChI is InChI=1S/C7H12N2O2S/c1-5(10)12-6-3-7(8-4-6)9-11-2/h6H,3-4H2,1-2H3,(H,8,9). The number of nitrogens with zero attached hydrogens (tertiary/aromatic N) is 1. The molecule has 0 amide bonds. The van der Waals surface area contributed by atoms with Crippen molar-refractivity contribution in [1.29, 1.82) is 0 Å². The van der Waals surface area contributed by atoms with Gasteiger partial charge in [-0.1, -0.05) is 11.8 Å². The molecule has 1 atom stereocenters. The van der Waals surface area contributed by atoms with Crippen molar-refractivity contribution in [2.45, 2.75) is 18.6 Å². The Hall–Kier alpha value is -0.550. The number of nitrogens with one attached hydrogen (secondary N) is 1. The largest absolute Gasteiger partial charge is 0.288 e. The summed E-state index contributed by atoms with van der Waals surface area (Å²) >= 11 is 1.34. The third-order valence-corrected chi connectivity index (χ3v) is 2.44. The van der Waals surface area contributed by atoms with Gasteiger partial charge >= 0.3 is 0 Å². The van der Waals surface area contributed by atoms with Crippen LogP contribution in [0.4, 0.5) is 0 Å². The number of amidine groups is 1. The first-order valence-electron chi connectivity index (χ1n) is 3.72. The van der Waals surface area contributed by atoms with Crippen LogP contribution < -0.4 is 5.48 Å². The number of aliphatic imine (C=N–C) groups is 1. The third kappa shape index (κ3) is 2.83. The van der Waals surface area contributed by atoms with Gasteiger partial charge in [-0.3, -0.25) is 20.1 Å². The van der Waals surface area contributed by atoms with Gasteiger partial charge in [-0.2, -0.15) is 0 Å². The molecule has 1 aliphatic heterocycles. The van der Waals surface area contributed by atoms with Crippen LogP contribution in [0.2, 0.25) is 0 Å². The zero-order valence-electron chi connectivity index (χ0n) is 7.16. The summed E-state index contributed by atoms with van der Waals surface area (Å²) in [5.41, 5.74) is 2.67. The van der Waals surface area contributed by atoms with Gasteiger partial charge < -0.3 is 0 Å². The van der Waals surface area contributed by atoms with Crippen LogP contribution in [0.25, 0.3) is 0 Å². The highest BCUT2D eigenvalue weighted by atomic mass is 32.2. The topological polar surface area (TPSA) is 50.7 Å². The molecular weight excluding hydrogens is 176 g/mol. The molecule has 0 saturated carbocycles. The molecule has 1 unspecified atom stereocenters. The van der Waals surface area contributed by atoms with Gasteiger partial charge in [-0.15, -0.1) is 0 Å². The number of carbonyl (C=O) groups excluding carboxylic acids is 1. The van der Waals surface area contributed by atoms with Crippen molar-refractivity contribution in [1.82, 2.24) is 5.48 Å². The molecule has 0 spiro atoms. The molecule has 0 fully saturated rings. The molecule has 0 bridgehead atoms. The SMILES string of the molecule is CONC1=NCC(SC(C)=O)C1. The molecule has 0 saturated heterocycles. The van der Waals surface area contributed by atoms with Crippen LogP contribution in [0, 0.1) is 0 Å². The maximum atomic E-state index is 10.7. The van der Waals surface area contributed by atoms with Gasteiger partial charge in [-0.25, -0.2) is 0 Å². The molecule has 5 heteroatoms. The van der Waals surface area contributed by atoms with Crippen LogP contribution in [0.3, 0.4) is 0 Å². The molecule has 12 heavy (non-hydrogen) atoms. The van der Waals surface area contributed by atoms with Gasteiger partial charge in [0.15, 0.2) is 5.12 Å². The minimum atomic E-state index is 0.147. The van der Waals surface area contributed by atoms with Crippen LogP contribution in [0.15, 0.2) is 4.99 Å². The number of thioether (sulfide) groups is 1. The first kappa shape index (κ1) is 9.54. The Morgan fingerprint density at radius 2 is 2.58 bits per heavy atom. The first-order chi connectivity index (χ1) is 5.72. The monoisotopic (exact) mass is 188 g/mol. The van der Waals surface area contributed by atoms with E-state index in [2.05, 4.69) is 10.5 Å². The van der Waals surface area contributed by atoms with Crippen molar-refractivity contribution in [2.24, 2.45) is 4.99 Å². The molecule has 1 aliphatic rings. The predicted octanol–water partition coefficient (Wildman–Crippen LogP) is 0.588. The van der Waals surface area contributed by atoms with E-state index in [4.69, 9.17) is 4.84 Å². The predicted molar refractivity (Wildman–Crippen MR) is 49.1 cm³/mol. The fourth-order valence-corrected chi connectivity index (χ4v) is 1.92. The van der Waals surface area contributed by atoms with E-state index in [0.29, 0.717) is 11.8 Å². The van der Waals surface area contributed by atoms with E-state index in [9.17, 15) is 4.79 Å². The molecule has 1 N–H and O–H groups in total. The van der Waals surface area contributed by atoms with Gasteiger partial charge in [-0.05, 0) is 0 Å². The lowest BCUT2D eigenvalue weighted by Gasteiger charge is -2.04. The van der Waals surface area contributed by atoms with Crippen molar-refractivity contribution >= 4 is 22.7 Å². The fraction of sp³-hybridized carbons (Fsp3) is 0.714. The summed E-state index contributed by atoms with van der Waals surface area (Å²) in [7, 11) is 1.55. The van der Waals surface area contributed by atoms with Crippen LogP contribution in [-0.4, -0.2) is 29.9 Å². The van der Waals surface area contributed by atoms with Crippen LogP contribution in [0.5, 0.6) is 0 Å². The maximum Gasteiger partial charge on any atom is 0.186 e. The highest BCUT2D eigenvalue weighted by Crippen LogP contribution is 2.20. The maximum absolute atomic E-state index is 10.7. The zero-order chi connectivity index (χ0) is 8.97. The second kappa shape index (κ2) is 4.47. The van der Waals surface area contributed by atoms with Crippen molar-refractivity contribution in [3.63, 3.8) is 0 Å². The normalized spacial score (nSPS) is 22.2. The highest BCUT2D eigenvalue weighted by Gasteiger charge is 2.20. The summed E-state index contributed by atoms with van der Waals surface area (Å²) in [6, 6.07) is 0. The van der Waals surface area contributed by atoms with Gasteiger partial charge in [0.25, 0.3) is 0 Å². The van der Waals surface area contributed by atoms with E-state index in [1.54, 1.807) is 14.0 Å². The van der Waals surface area contributed by atoms with Crippen molar-refractivity contribution < 1.29 is 9.63 Å². The lowest BCUT2D eigenvalue weighted by atomic mass is 10.3. The van der Waals surface area contributed by atoms with Crippen molar-refractivity contribution in [3.05, 3.63) is 0 Å². The van der Waals surface area contributed by atoms with Crippen LogP contribution in [0.1, 0.15) is 13.3 Å². The second-order valence-corrected chi connectivity index (χ2v) is 4.01. The number of carbonyl (C=O) groups is 1.